The van der Waals surface area contributed by atoms with Crippen molar-refractivity contribution >= 4 is 28.0 Å². The number of rotatable bonds is 7. The summed E-state index contributed by atoms with van der Waals surface area (Å²) < 4.78 is 0.999. The van der Waals surface area contributed by atoms with Crippen LogP contribution in [0.25, 0.3) is 6.08 Å². The van der Waals surface area contributed by atoms with Crippen molar-refractivity contribution in [2.75, 3.05) is 6.54 Å². The van der Waals surface area contributed by atoms with Crippen LogP contribution in [0.5, 0.6) is 0 Å². The molecule has 3 nitrogen and oxygen atoms in total. The number of aryl methyl sites for hydroxylation is 1. The number of halogens is 1. The highest BCUT2D eigenvalue weighted by Crippen LogP contribution is 2.16. The predicted octanol–water partition coefficient (Wildman–Crippen LogP) is 4.74. The highest BCUT2D eigenvalue weighted by atomic mass is 79.9. The molecule has 0 aliphatic carbocycles. The molecule has 0 aromatic heterocycles. The van der Waals surface area contributed by atoms with Gasteiger partial charge in [0.05, 0.1) is 0 Å². The summed E-state index contributed by atoms with van der Waals surface area (Å²) in [5, 5.41) is 5.57. The van der Waals surface area contributed by atoms with E-state index < -0.39 is 0 Å². The number of hydrogen-bond donors (Lipinski definition) is 2. The molecule has 0 atom stereocenters. The van der Waals surface area contributed by atoms with Crippen molar-refractivity contribution in [1.82, 2.24) is 10.6 Å². The quantitative estimate of drug-likeness (QED) is 0.676. The minimum atomic E-state index is -0.173. The van der Waals surface area contributed by atoms with Crippen molar-refractivity contribution in [2.24, 2.45) is 0 Å². The molecule has 2 aromatic rings. The molecule has 120 valence electrons. The van der Waals surface area contributed by atoms with Crippen LogP contribution < -0.4 is 10.6 Å². The lowest BCUT2D eigenvalue weighted by atomic mass is 10.1. The minimum Gasteiger partial charge on any atom is -0.338 e. The van der Waals surface area contributed by atoms with Crippen molar-refractivity contribution in [3.63, 3.8) is 0 Å². The summed E-state index contributed by atoms with van der Waals surface area (Å²) >= 11 is 3.46. The molecule has 0 unspecified atom stereocenters. The van der Waals surface area contributed by atoms with E-state index in [4.69, 9.17) is 0 Å². The molecule has 2 rings (SSSR count). The van der Waals surface area contributed by atoms with E-state index in [0.717, 1.165) is 29.3 Å². The fraction of sp³-hybridized carbons (Fsp3) is 0.211. The Balaban J connectivity index is 1.59. The second-order valence-electron chi connectivity index (χ2n) is 5.20. The highest BCUT2D eigenvalue weighted by Gasteiger charge is 1.97. The third-order valence-electron chi connectivity index (χ3n) is 3.40. The van der Waals surface area contributed by atoms with Crippen molar-refractivity contribution in [3.8, 4) is 0 Å². The van der Waals surface area contributed by atoms with Crippen molar-refractivity contribution < 1.29 is 4.79 Å². The van der Waals surface area contributed by atoms with Gasteiger partial charge < -0.3 is 10.6 Å². The molecule has 0 spiro atoms. The number of carbonyl (C=O) groups is 1. The monoisotopic (exact) mass is 372 g/mol. The van der Waals surface area contributed by atoms with Crippen LogP contribution in [-0.2, 0) is 6.42 Å². The van der Waals surface area contributed by atoms with Crippen LogP contribution >= 0.6 is 15.9 Å². The van der Waals surface area contributed by atoms with Crippen LogP contribution in [0.3, 0.4) is 0 Å². The van der Waals surface area contributed by atoms with E-state index in [1.165, 1.54) is 5.56 Å². The standard InChI is InChI=1S/C19H21BrN2O/c20-18-12-5-4-11-17(18)13-15-22-19(23)21-14-7-6-10-16-8-2-1-3-9-16/h1-5,8-9,11-13,15H,6-7,10,14H2,(H2,21,22,23)/b15-13+. The fourth-order valence-electron chi connectivity index (χ4n) is 2.17. The summed E-state index contributed by atoms with van der Waals surface area (Å²) in [6.45, 7) is 0.682. The topological polar surface area (TPSA) is 41.1 Å². The number of benzene rings is 2. The molecule has 2 aromatic carbocycles. The molecular formula is C19H21BrN2O. The third-order valence-corrected chi connectivity index (χ3v) is 4.13. The summed E-state index contributed by atoms with van der Waals surface area (Å²) in [7, 11) is 0. The molecule has 4 heteroatoms. The van der Waals surface area contributed by atoms with Gasteiger partial charge in [0.1, 0.15) is 0 Å². The Kier molecular flexibility index (Phi) is 7.40. The lowest BCUT2D eigenvalue weighted by molar-refractivity contribution is 0.244. The van der Waals surface area contributed by atoms with Crippen LogP contribution in [-0.4, -0.2) is 12.6 Å². The van der Waals surface area contributed by atoms with Crippen molar-refractivity contribution in [1.29, 1.82) is 0 Å². The minimum absolute atomic E-state index is 0.173. The number of hydrogen-bond acceptors (Lipinski definition) is 1. The molecular weight excluding hydrogens is 352 g/mol. The average Bonchev–Trinajstić information content (AvgIpc) is 2.57. The van der Waals surface area contributed by atoms with Gasteiger partial charge in [0.2, 0.25) is 0 Å². The highest BCUT2D eigenvalue weighted by molar-refractivity contribution is 9.10. The number of nitrogens with one attached hydrogen (secondary N) is 2. The Labute approximate surface area is 145 Å². The summed E-state index contributed by atoms with van der Waals surface area (Å²) in [6.07, 6.45) is 6.60. The van der Waals surface area contributed by atoms with Gasteiger partial charge in [0.25, 0.3) is 0 Å². The van der Waals surface area contributed by atoms with Crippen LogP contribution in [0.15, 0.2) is 65.3 Å². The Morgan fingerprint density at radius 2 is 1.74 bits per heavy atom. The molecule has 0 aliphatic rings. The molecule has 0 saturated heterocycles. The van der Waals surface area contributed by atoms with Gasteiger partial charge in [-0.05, 0) is 42.5 Å². The number of carbonyl (C=O) groups excluding carboxylic acids is 1. The van der Waals surface area contributed by atoms with Gasteiger partial charge in [-0.15, -0.1) is 0 Å². The molecule has 0 bridgehead atoms. The van der Waals surface area contributed by atoms with Gasteiger partial charge in [0, 0.05) is 17.2 Å². The van der Waals surface area contributed by atoms with Gasteiger partial charge in [-0.2, -0.15) is 0 Å². The van der Waals surface area contributed by atoms with E-state index in [1.807, 2.05) is 36.4 Å². The largest absolute Gasteiger partial charge is 0.338 e. The van der Waals surface area contributed by atoms with E-state index in [0.29, 0.717) is 6.54 Å². The predicted molar refractivity (Wildman–Crippen MR) is 99.1 cm³/mol. The summed E-state index contributed by atoms with van der Waals surface area (Å²) in [4.78, 5) is 11.7. The Hall–Kier alpha value is -2.07. The smallest absolute Gasteiger partial charge is 0.318 e. The van der Waals surface area contributed by atoms with E-state index >= 15 is 0 Å². The van der Waals surface area contributed by atoms with E-state index in [-0.39, 0.29) is 6.03 Å². The van der Waals surface area contributed by atoms with Gasteiger partial charge in [-0.3, -0.25) is 0 Å². The van der Waals surface area contributed by atoms with Crippen LogP contribution in [0.1, 0.15) is 24.0 Å². The second kappa shape index (κ2) is 9.85. The summed E-state index contributed by atoms with van der Waals surface area (Å²) in [6, 6.07) is 18.1. The van der Waals surface area contributed by atoms with Crippen LogP contribution in [0, 0.1) is 0 Å². The maximum atomic E-state index is 11.7. The first kappa shape index (κ1) is 17.3. The summed E-state index contributed by atoms with van der Waals surface area (Å²) in [5.41, 5.74) is 2.36. The molecule has 23 heavy (non-hydrogen) atoms. The van der Waals surface area contributed by atoms with Gasteiger partial charge >= 0.3 is 6.03 Å². The Morgan fingerprint density at radius 3 is 2.52 bits per heavy atom. The molecule has 0 heterocycles. The Morgan fingerprint density at radius 1 is 1.00 bits per heavy atom. The lowest BCUT2D eigenvalue weighted by Crippen LogP contribution is -2.32. The molecule has 2 amide bonds. The maximum absolute atomic E-state index is 11.7. The number of urea groups is 1. The molecule has 0 fully saturated rings. The summed E-state index contributed by atoms with van der Waals surface area (Å²) in [5.74, 6) is 0. The normalized spacial score (nSPS) is 10.7. The average molecular weight is 373 g/mol. The zero-order valence-corrected chi connectivity index (χ0v) is 14.6. The zero-order chi connectivity index (χ0) is 16.3. The number of unbranched alkanes of at least 4 members (excludes halogenated alkanes) is 1. The molecule has 0 saturated carbocycles. The maximum Gasteiger partial charge on any atom is 0.318 e. The van der Waals surface area contributed by atoms with E-state index in [9.17, 15) is 4.79 Å². The van der Waals surface area contributed by atoms with E-state index in [1.54, 1.807) is 6.20 Å². The zero-order valence-electron chi connectivity index (χ0n) is 13.0. The number of amides is 2. The first-order chi connectivity index (χ1) is 11.3. The molecule has 0 radical (unpaired) electrons. The third kappa shape index (κ3) is 6.70. The first-order valence-corrected chi connectivity index (χ1v) is 8.54. The van der Waals surface area contributed by atoms with E-state index in [2.05, 4.69) is 50.8 Å². The second-order valence-corrected chi connectivity index (χ2v) is 6.05. The van der Waals surface area contributed by atoms with Crippen LogP contribution in [0.4, 0.5) is 4.79 Å². The van der Waals surface area contributed by atoms with Gasteiger partial charge in [-0.1, -0.05) is 64.5 Å². The molecule has 2 N–H and O–H groups in total. The van der Waals surface area contributed by atoms with Crippen molar-refractivity contribution in [2.45, 2.75) is 19.3 Å². The van der Waals surface area contributed by atoms with Crippen LogP contribution in [0.2, 0.25) is 0 Å². The Bertz CT molecular complexity index is 641. The van der Waals surface area contributed by atoms with Crippen molar-refractivity contribution in [3.05, 3.63) is 76.4 Å². The van der Waals surface area contributed by atoms with Gasteiger partial charge in [0.15, 0.2) is 0 Å². The first-order valence-electron chi connectivity index (χ1n) is 7.75. The van der Waals surface area contributed by atoms with Gasteiger partial charge in [-0.25, -0.2) is 4.79 Å². The molecule has 0 aliphatic heterocycles. The fourth-order valence-corrected chi connectivity index (χ4v) is 2.59. The lowest BCUT2D eigenvalue weighted by Gasteiger charge is -2.05. The SMILES string of the molecule is O=C(N/C=C/c1ccccc1Br)NCCCCc1ccccc1.